The Labute approximate surface area is 149 Å². The molecule has 0 aliphatic carbocycles. The summed E-state index contributed by atoms with van der Waals surface area (Å²) in [5, 5.41) is 3.18. The molecule has 0 saturated carbocycles. The van der Waals surface area contributed by atoms with Crippen LogP contribution >= 0.6 is 0 Å². The molecule has 2 fully saturated rings. The van der Waals surface area contributed by atoms with Gasteiger partial charge in [-0.1, -0.05) is 30.3 Å². The number of nitrogens with two attached hydrogens (primary N) is 1. The van der Waals surface area contributed by atoms with Crippen LogP contribution in [0.5, 0.6) is 0 Å². The molecule has 138 valence electrons. The highest BCUT2D eigenvalue weighted by molar-refractivity contribution is 5.83. The van der Waals surface area contributed by atoms with Crippen molar-refractivity contribution < 1.29 is 14.3 Å². The lowest BCUT2D eigenvalue weighted by molar-refractivity contribution is -0.136. The first-order valence-electron chi connectivity index (χ1n) is 9.18. The van der Waals surface area contributed by atoms with Crippen molar-refractivity contribution in [3.05, 3.63) is 35.9 Å². The lowest BCUT2D eigenvalue weighted by Gasteiger charge is -2.37. The average Bonchev–Trinajstić information content (AvgIpc) is 2.70. The second-order valence-electron chi connectivity index (χ2n) is 6.88. The van der Waals surface area contributed by atoms with E-state index in [9.17, 15) is 4.79 Å². The molecule has 1 amide bonds. The molecule has 0 radical (unpaired) electrons. The van der Waals surface area contributed by atoms with E-state index >= 15 is 0 Å². The number of carbonyl (C=O) groups is 1. The standard InChI is InChI=1S/C19H29N3O3/c20-15-19(6-10-24-11-7-19)18(23)21-14-17(16-4-2-1-3-5-16)22-8-12-25-13-9-22/h1-5,17H,6-15,20H2,(H,21,23). The van der Waals surface area contributed by atoms with Crippen LogP contribution in [0.1, 0.15) is 24.4 Å². The van der Waals surface area contributed by atoms with Gasteiger partial charge >= 0.3 is 0 Å². The molecule has 6 heteroatoms. The zero-order chi connectivity index (χ0) is 17.5. The number of hydrogen-bond donors (Lipinski definition) is 2. The predicted molar refractivity (Wildman–Crippen MR) is 96.1 cm³/mol. The fourth-order valence-corrected chi connectivity index (χ4v) is 3.68. The van der Waals surface area contributed by atoms with Gasteiger partial charge in [-0.3, -0.25) is 9.69 Å². The van der Waals surface area contributed by atoms with Crippen molar-refractivity contribution in [3.63, 3.8) is 0 Å². The van der Waals surface area contributed by atoms with Crippen LogP contribution in [0.3, 0.4) is 0 Å². The lowest BCUT2D eigenvalue weighted by atomic mass is 9.79. The molecule has 0 aromatic heterocycles. The largest absolute Gasteiger partial charge is 0.381 e. The first-order valence-corrected chi connectivity index (χ1v) is 9.18. The molecular weight excluding hydrogens is 318 g/mol. The van der Waals surface area contributed by atoms with Gasteiger partial charge in [0.15, 0.2) is 0 Å². The first kappa shape index (κ1) is 18.3. The van der Waals surface area contributed by atoms with Gasteiger partial charge in [-0.2, -0.15) is 0 Å². The van der Waals surface area contributed by atoms with E-state index in [0.29, 0.717) is 39.1 Å². The minimum Gasteiger partial charge on any atom is -0.381 e. The Morgan fingerprint density at radius 3 is 2.40 bits per heavy atom. The van der Waals surface area contributed by atoms with Crippen molar-refractivity contribution >= 4 is 5.91 Å². The number of ether oxygens (including phenoxy) is 2. The topological polar surface area (TPSA) is 76.8 Å². The Kier molecular flexibility index (Phi) is 6.42. The lowest BCUT2D eigenvalue weighted by Crippen LogP contribution is -2.51. The minimum atomic E-state index is -0.482. The number of nitrogens with zero attached hydrogens (tertiary/aromatic N) is 1. The summed E-state index contributed by atoms with van der Waals surface area (Å²) < 4.78 is 10.9. The second-order valence-corrected chi connectivity index (χ2v) is 6.88. The summed E-state index contributed by atoms with van der Waals surface area (Å²) in [6.45, 7) is 5.41. The predicted octanol–water partition coefficient (Wildman–Crippen LogP) is 0.932. The molecule has 1 aromatic rings. The number of nitrogens with one attached hydrogen (secondary N) is 1. The summed E-state index contributed by atoms with van der Waals surface area (Å²) in [6.07, 6.45) is 1.39. The third kappa shape index (κ3) is 4.39. The van der Waals surface area contributed by atoms with Gasteiger partial charge in [0.1, 0.15) is 0 Å². The summed E-state index contributed by atoms with van der Waals surface area (Å²) in [5.41, 5.74) is 6.70. The van der Waals surface area contributed by atoms with E-state index in [1.165, 1.54) is 5.56 Å². The van der Waals surface area contributed by atoms with E-state index in [-0.39, 0.29) is 11.9 Å². The van der Waals surface area contributed by atoms with Crippen molar-refractivity contribution in [3.8, 4) is 0 Å². The highest BCUT2D eigenvalue weighted by Gasteiger charge is 2.39. The van der Waals surface area contributed by atoms with Crippen LogP contribution < -0.4 is 11.1 Å². The molecule has 25 heavy (non-hydrogen) atoms. The highest BCUT2D eigenvalue weighted by atomic mass is 16.5. The van der Waals surface area contributed by atoms with Crippen molar-refractivity contribution in [2.45, 2.75) is 18.9 Å². The number of hydrogen-bond acceptors (Lipinski definition) is 5. The van der Waals surface area contributed by atoms with Crippen molar-refractivity contribution in [1.82, 2.24) is 10.2 Å². The Morgan fingerprint density at radius 1 is 1.12 bits per heavy atom. The van der Waals surface area contributed by atoms with E-state index in [4.69, 9.17) is 15.2 Å². The Balaban J connectivity index is 1.68. The summed E-state index contributed by atoms with van der Waals surface area (Å²) in [5.74, 6) is 0.0625. The van der Waals surface area contributed by atoms with Gasteiger partial charge in [0.05, 0.1) is 24.7 Å². The van der Waals surface area contributed by atoms with E-state index < -0.39 is 5.41 Å². The molecule has 6 nitrogen and oxygen atoms in total. The fraction of sp³-hybridized carbons (Fsp3) is 0.632. The van der Waals surface area contributed by atoms with Gasteiger partial charge in [0, 0.05) is 39.4 Å². The van der Waals surface area contributed by atoms with E-state index in [0.717, 1.165) is 26.3 Å². The van der Waals surface area contributed by atoms with E-state index in [1.807, 2.05) is 18.2 Å². The van der Waals surface area contributed by atoms with Crippen LogP contribution in [-0.4, -0.2) is 63.4 Å². The SMILES string of the molecule is NCC1(C(=O)NCC(c2ccccc2)N2CCOCC2)CCOCC1. The Hall–Kier alpha value is -1.47. The molecule has 2 aliphatic rings. The van der Waals surface area contributed by atoms with Crippen LogP contribution in [0.15, 0.2) is 30.3 Å². The van der Waals surface area contributed by atoms with Gasteiger partial charge in [-0.25, -0.2) is 0 Å². The number of carbonyl (C=O) groups excluding carboxylic acids is 1. The summed E-state index contributed by atoms with van der Waals surface area (Å²) in [6, 6.07) is 10.5. The Morgan fingerprint density at radius 2 is 1.76 bits per heavy atom. The number of benzene rings is 1. The van der Waals surface area contributed by atoms with Gasteiger partial charge < -0.3 is 20.5 Å². The number of amides is 1. The summed E-state index contributed by atoms with van der Waals surface area (Å²) >= 11 is 0. The molecule has 1 atom stereocenters. The molecule has 0 spiro atoms. The molecule has 2 heterocycles. The van der Waals surface area contributed by atoms with Crippen molar-refractivity contribution in [2.24, 2.45) is 11.1 Å². The average molecular weight is 347 g/mol. The Bertz CT molecular complexity index is 540. The zero-order valence-corrected chi connectivity index (χ0v) is 14.8. The quantitative estimate of drug-likeness (QED) is 0.801. The van der Waals surface area contributed by atoms with Crippen molar-refractivity contribution in [2.75, 3.05) is 52.6 Å². The maximum absolute atomic E-state index is 12.9. The third-order valence-electron chi connectivity index (χ3n) is 5.45. The molecule has 3 rings (SSSR count). The van der Waals surface area contributed by atoms with Gasteiger partial charge in [-0.05, 0) is 18.4 Å². The molecular formula is C19H29N3O3. The van der Waals surface area contributed by atoms with Crippen LogP contribution in [0, 0.1) is 5.41 Å². The highest BCUT2D eigenvalue weighted by Crippen LogP contribution is 2.30. The molecule has 2 saturated heterocycles. The van der Waals surface area contributed by atoms with Crippen LogP contribution in [-0.2, 0) is 14.3 Å². The maximum atomic E-state index is 12.9. The van der Waals surface area contributed by atoms with E-state index in [1.54, 1.807) is 0 Å². The van der Waals surface area contributed by atoms with Gasteiger partial charge in [0.2, 0.25) is 5.91 Å². The van der Waals surface area contributed by atoms with Crippen molar-refractivity contribution in [1.29, 1.82) is 0 Å². The normalized spacial score (nSPS) is 22.3. The molecule has 3 N–H and O–H groups in total. The smallest absolute Gasteiger partial charge is 0.227 e. The summed E-state index contributed by atoms with van der Waals surface area (Å²) in [4.78, 5) is 15.3. The van der Waals surface area contributed by atoms with E-state index in [2.05, 4.69) is 22.3 Å². The second kappa shape index (κ2) is 8.76. The molecule has 2 aliphatic heterocycles. The minimum absolute atomic E-state index is 0.0625. The summed E-state index contributed by atoms with van der Waals surface area (Å²) in [7, 11) is 0. The molecule has 1 unspecified atom stereocenters. The number of morpholine rings is 1. The van der Waals surface area contributed by atoms with Crippen LogP contribution in [0.4, 0.5) is 0 Å². The van der Waals surface area contributed by atoms with Gasteiger partial charge in [-0.15, -0.1) is 0 Å². The third-order valence-corrected chi connectivity index (χ3v) is 5.45. The molecule has 0 bridgehead atoms. The maximum Gasteiger partial charge on any atom is 0.227 e. The van der Waals surface area contributed by atoms with Gasteiger partial charge in [0.25, 0.3) is 0 Å². The first-order chi connectivity index (χ1) is 12.2. The monoisotopic (exact) mass is 347 g/mol. The number of rotatable bonds is 6. The van der Waals surface area contributed by atoms with Crippen LogP contribution in [0.2, 0.25) is 0 Å². The van der Waals surface area contributed by atoms with Crippen LogP contribution in [0.25, 0.3) is 0 Å². The fourth-order valence-electron chi connectivity index (χ4n) is 3.68. The molecule has 1 aromatic carbocycles. The zero-order valence-electron chi connectivity index (χ0n) is 14.8.